The quantitative estimate of drug-likeness (QED) is 0.167. The van der Waals surface area contributed by atoms with E-state index in [1.807, 2.05) is 0 Å². The van der Waals surface area contributed by atoms with Crippen LogP contribution >= 0.6 is 0 Å². The first-order chi connectivity index (χ1) is 37.8. The second-order valence-electron chi connectivity index (χ2n) is 20.9. The van der Waals surface area contributed by atoms with Crippen molar-refractivity contribution in [3.05, 3.63) is 324 Å². The number of fused-ring (bicyclic) bond motifs is 22. The van der Waals surface area contributed by atoms with E-state index in [2.05, 4.69) is 289 Å². The summed E-state index contributed by atoms with van der Waals surface area (Å²) in [4.78, 5) is 2.53. The van der Waals surface area contributed by atoms with E-state index in [1.165, 1.54) is 128 Å². The Balaban J connectivity index is 0.889. The fourth-order valence-corrected chi connectivity index (χ4v) is 14.9. The van der Waals surface area contributed by atoms with Crippen molar-refractivity contribution in [2.24, 2.45) is 0 Å². The summed E-state index contributed by atoms with van der Waals surface area (Å²) in [6, 6.07) is 105. The van der Waals surface area contributed by atoms with Crippen LogP contribution in [0.25, 0.3) is 83.1 Å². The van der Waals surface area contributed by atoms with Crippen LogP contribution in [0.2, 0.25) is 0 Å². The van der Waals surface area contributed by atoms with Crippen molar-refractivity contribution in [1.82, 2.24) is 4.57 Å². The fraction of sp³-hybridized carbons (Fsp3) is 0.0270. The third-order valence-corrected chi connectivity index (χ3v) is 17.6. The Morgan fingerprint density at radius 3 is 1.43 bits per heavy atom. The number of para-hydroxylation sites is 4. The summed E-state index contributed by atoms with van der Waals surface area (Å²) >= 11 is 0. The molecule has 0 bridgehead atoms. The summed E-state index contributed by atoms with van der Waals surface area (Å²) in [6.07, 6.45) is 0. The predicted octanol–water partition coefficient (Wildman–Crippen LogP) is 18.6. The van der Waals surface area contributed by atoms with Gasteiger partial charge in [-0.15, -0.1) is 0 Å². The summed E-state index contributed by atoms with van der Waals surface area (Å²) in [5.41, 5.74) is 29.3. The zero-order valence-electron chi connectivity index (χ0n) is 41.5. The maximum Gasteiger partial charge on any atom is 0.0754 e. The standard InChI is InChI=1S/C74H46N2/c1-2-21-47(22-3-1)50-23-8-15-39-66(50)75(69-42-20-37-64-71(69)57-28-7-13-34-61(57)73(64)58-31-10-4-24-52(58)53-25-5-11-32-59(53)73)49-45-43-48(44-46-49)51-29-18-36-63-70(51)56-27-6-12-33-60(56)74(63)62-35-14-17-41-68(62)76-67-40-16-9-26-54(67)55-30-19-38-65(74)72(55)76/h1-46H. The van der Waals surface area contributed by atoms with Gasteiger partial charge in [0.25, 0.3) is 0 Å². The molecule has 4 aliphatic rings. The van der Waals surface area contributed by atoms with Gasteiger partial charge in [-0.05, 0) is 125 Å². The molecule has 2 spiro atoms. The van der Waals surface area contributed by atoms with E-state index in [1.54, 1.807) is 0 Å². The topological polar surface area (TPSA) is 8.17 Å². The first-order valence-electron chi connectivity index (χ1n) is 26.6. The minimum atomic E-state index is -0.526. The average molecular weight is 963 g/mol. The Morgan fingerprint density at radius 1 is 0.263 bits per heavy atom. The van der Waals surface area contributed by atoms with Crippen LogP contribution in [0.3, 0.4) is 0 Å². The van der Waals surface area contributed by atoms with Crippen LogP contribution in [0, 0.1) is 0 Å². The molecule has 2 heteroatoms. The SMILES string of the molecule is c1ccc(-c2ccccc2N(c2ccc(-c3cccc4c3-c3ccccc3C43c4ccccc4-n4c5ccccc5c5cccc3c54)cc2)c2cccc3c2-c2ccccc2C32c3ccccc3-c3ccccc32)cc1. The van der Waals surface area contributed by atoms with E-state index in [9.17, 15) is 0 Å². The molecule has 0 radical (unpaired) electrons. The zero-order chi connectivity index (χ0) is 49.7. The lowest BCUT2D eigenvalue weighted by Crippen LogP contribution is -2.33. The molecule has 0 fully saturated rings. The molecule has 3 aliphatic carbocycles. The van der Waals surface area contributed by atoms with Crippen molar-refractivity contribution in [2.75, 3.05) is 4.90 Å². The van der Waals surface area contributed by atoms with Gasteiger partial charge in [0, 0.05) is 27.6 Å². The Hall–Kier alpha value is -9.76. The van der Waals surface area contributed by atoms with Gasteiger partial charge in [0.15, 0.2) is 0 Å². The number of benzene rings is 12. The molecule has 2 nitrogen and oxygen atoms in total. The monoisotopic (exact) mass is 962 g/mol. The van der Waals surface area contributed by atoms with Crippen LogP contribution in [0.4, 0.5) is 17.1 Å². The Labute approximate surface area is 441 Å². The van der Waals surface area contributed by atoms with Crippen molar-refractivity contribution in [1.29, 1.82) is 0 Å². The number of hydrogen-bond acceptors (Lipinski definition) is 1. The predicted molar refractivity (Wildman–Crippen MR) is 313 cm³/mol. The first kappa shape index (κ1) is 41.7. The normalized spacial score (nSPS) is 15.3. The third-order valence-electron chi connectivity index (χ3n) is 17.6. The number of nitrogens with zero attached hydrogens (tertiary/aromatic N) is 2. The van der Waals surface area contributed by atoms with Crippen molar-refractivity contribution in [3.8, 4) is 61.3 Å². The van der Waals surface area contributed by atoms with Crippen LogP contribution in [0.15, 0.2) is 279 Å². The highest BCUT2D eigenvalue weighted by Crippen LogP contribution is 2.66. The highest BCUT2D eigenvalue weighted by atomic mass is 15.1. The Morgan fingerprint density at radius 2 is 0.711 bits per heavy atom. The van der Waals surface area contributed by atoms with Gasteiger partial charge in [-0.25, -0.2) is 0 Å². The number of anilines is 3. The Bertz CT molecular complexity index is 4550. The van der Waals surface area contributed by atoms with E-state index in [-0.39, 0.29) is 0 Å². The maximum atomic E-state index is 2.53. The van der Waals surface area contributed by atoms with Crippen LogP contribution in [-0.2, 0) is 10.8 Å². The molecule has 76 heavy (non-hydrogen) atoms. The van der Waals surface area contributed by atoms with Crippen LogP contribution in [-0.4, -0.2) is 4.57 Å². The molecule has 1 unspecified atom stereocenters. The zero-order valence-corrected chi connectivity index (χ0v) is 41.5. The second-order valence-corrected chi connectivity index (χ2v) is 20.9. The van der Waals surface area contributed by atoms with Gasteiger partial charge in [-0.2, -0.15) is 0 Å². The van der Waals surface area contributed by atoms with Crippen LogP contribution in [0.1, 0.15) is 44.5 Å². The number of aromatic nitrogens is 1. The molecule has 17 rings (SSSR count). The molecule has 2 heterocycles. The summed E-state index contributed by atoms with van der Waals surface area (Å²) < 4.78 is 2.53. The van der Waals surface area contributed by atoms with E-state index in [0.717, 1.165) is 17.1 Å². The minimum Gasteiger partial charge on any atom is -0.309 e. The molecule has 1 aliphatic heterocycles. The Kier molecular flexibility index (Phi) is 8.44. The first-order valence-corrected chi connectivity index (χ1v) is 26.6. The molecule has 1 aromatic heterocycles. The van der Waals surface area contributed by atoms with Crippen molar-refractivity contribution in [3.63, 3.8) is 0 Å². The maximum absolute atomic E-state index is 2.53. The molecule has 0 saturated carbocycles. The van der Waals surface area contributed by atoms with E-state index < -0.39 is 10.8 Å². The number of rotatable bonds is 5. The van der Waals surface area contributed by atoms with Crippen molar-refractivity contribution in [2.45, 2.75) is 10.8 Å². The van der Waals surface area contributed by atoms with Crippen molar-refractivity contribution < 1.29 is 0 Å². The van der Waals surface area contributed by atoms with E-state index >= 15 is 0 Å². The van der Waals surface area contributed by atoms with Gasteiger partial charge < -0.3 is 9.47 Å². The summed E-state index contributed by atoms with van der Waals surface area (Å²) in [6.45, 7) is 0. The van der Waals surface area contributed by atoms with Gasteiger partial charge in [0.2, 0.25) is 0 Å². The summed E-state index contributed by atoms with van der Waals surface area (Å²) in [5, 5.41) is 2.57. The minimum absolute atomic E-state index is 0.466. The lowest BCUT2D eigenvalue weighted by Gasteiger charge is -2.39. The van der Waals surface area contributed by atoms with Gasteiger partial charge in [0.1, 0.15) is 0 Å². The largest absolute Gasteiger partial charge is 0.309 e. The fourth-order valence-electron chi connectivity index (χ4n) is 14.9. The van der Waals surface area contributed by atoms with Crippen LogP contribution < -0.4 is 4.90 Å². The highest BCUT2D eigenvalue weighted by Gasteiger charge is 2.53. The molecule has 12 aromatic carbocycles. The van der Waals surface area contributed by atoms with Crippen molar-refractivity contribution >= 4 is 38.9 Å². The smallest absolute Gasteiger partial charge is 0.0754 e. The number of hydrogen-bond donors (Lipinski definition) is 0. The van der Waals surface area contributed by atoms with Gasteiger partial charge in [-0.1, -0.05) is 243 Å². The summed E-state index contributed by atoms with van der Waals surface area (Å²) in [7, 11) is 0. The molecule has 1 atom stereocenters. The molecule has 13 aromatic rings. The van der Waals surface area contributed by atoms with Gasteiger partial charge in [0.05, 0.1) is 38.9 Å². The lowest BCUT2D eigenvalue weighted by atomic mass is 9.65. The van der Waals surface area contributed by atoms with Gasteiger partial charge in [-0.3, -0.25) is 0 Å². The lowest BCUT2D eigenvalue weighted by molar-refractivity contribution is 0.748. The van der Waals surface area contributed by atoms with E-state index in [0.29, 0.717) is 0 Å². The molecular formula is C74H46N2. The van der Waals surface area contributed by atoms with E-state index in [4.69, 9.17) is 0 Å². The van der Waals surface area contributed by atoms with Gasteiger partial charge >= 0.3 is 0 Å². The molecule has 352 valence electrons. The molecule has 0 saturated heterocycles. The van der Waals surface area contributed by atoms with Crippen LogP contribution in [0.5, 0.6) is 0 Å². The molecular weight excluding hydrogens is 917 g/mol. The molecule has 0 N–H and O–H groups in total. The average Bonchev–Trinajstić information content (AvgIpc) is 4.39. The molecule has 0 amide bonds. The highest BCUT2D eigenvalue weighted by molar-refractivity contribution is 6.13. The summed E-state index contributed by atoms with van der Waals surface area (Å²) in [5.74, 6) is 0. The third kappa shape index (κ3) is 5.16. The second kappa shape index (κ2) is 15.4.